The van der Waals surface area contributed by atoms with Crippen LogP contribution >= 0.6 is 27.3 Å². The van der Waals surface area contributed by atoms with Crippen molar-refractivity contribution in [2.24, 2.45) is 0 Å². The van der Waals surface area contributed by atoms with Crippen LogP contribution in [0, 0.1) is 0 Å². The highest BCUT2D eigenvalue weighted by Crippen LogP contribution is 2.23. The minimum Gasteiger partial charge on any atom is -0.383 e. The molecule has 0 amide bonds. The average Bonchev–Trinajstić information content (AvgIpc) is 2.89. The molecule has 0 aliphatic carbocycles. The van der Waals surface area contributed by atoms with Gasteiger partial charge in [0.05, 0.1) is 10.4 Å². The number of thiophene rings is 1. The van der Waals surface area contributed by atoms with Crippen LogP contribution in [-0.4, -0.2) is 27.3 Å². The average molecular weight is 369 g/mol. The van der Waals surface area contributed by atoms with Crippen LogP contribution in [-0.2, 0) is 17.8 Å². The molecule has 0 bridgehead atoms. The van der Waals surface area contributed by atoms with Gasteiger partial charge < -0.3 is 15.0 Å². The summed E-state index contributed by atoms with van der Waals surface area (Å²) in [5, 5.41) is 5.54. The number of nitrogens with one attached hydrogen (secondary N) is 1. The molecule has 0 spiro atoms. The lowest BCUT2D eigenvalue weighted by molar-refractivity contribution is 0.199. The standard InChI is InChI=1S/C16H21BrN2OS/c1-19(11-14-9-16(17)21-12-14)15-5-3-13(4-6-15)10-18-7-8-20-2/h3-6,9,12,18H,7-8,10-11H2,1-2H3. The second-order valence-corrected chi connectivity index (χ2v) is 7.24. The molecular weight excluding hydrogens is 348 g/mol. The van der Waals surface area contributed by atoms with E-state index in [1.54, 1.807) is 18.4 Å². The van der Waals surface area contributed by atoms with E-state index in [2.05, 4.69) is 68.9 Å². The Kier molecular flexibility index (Phi) is 6.70. The summed E-state index contributed by atoms with van der Waals surface area (Å²) in [4.78, 5) is 2.26. The summed E-state index contributed by atoms with van der Waals surface area (Å²) >= 11 is 5.24. The van der Waals surface area contributed by atoms with Crippen molar-refractivity contribution in [2.45, 2.75) is 13.1 Å². The van der Waals surface area contributed by atoms with Crippen molar-refractivity contribution in [2.75, 3.05) is 32.2 Å². The van der Waals surface area contributed by atoms with Gasteiger partial charge in [0.25, 0.3) is 0 Å². The van der Waals surface area contributed by atoms with Crippen LogP contribution < -0.4 is 10.2 Å². The Labute approximate surface area is 139 Å². The molecule has 5 heteroatoms. The normalized spacial score (nSPS) is 10.8. The maximum absolute atomic E-state index is 5.02. The first-order valence-corrected chi connectivity index (χ1v) is 8.59. The number of benzene rings is 1. The van der Waals surface area contributed by atoms with Crippen molar-refractivity contribution in [3.63, 3.8) is 0 Å². The lowest BCUT2D eigenvalue weighted by Crippen LogP contribution is -2.19. The Morgan fingerprint density at radius 1 is 1.24 bits per heavy atom. The van der Waals surface area contributed by atoms with Crippen molar-refractivity contribution >= 4 is 33.0 Å². The SMILES string of the molecule is COCCNCc1ccc(N(C)Cc2csc(Br)c2)cc1. The van der Waals surface area contributed by atoms with E-state index in [4.69, 9.17) is 4.74 Å². The number of methoxy groups -OCH3 is 1. The summed E-state index contributed by atoms with van der Waals surface area (Å²) in [6, 6.07) is 10.9. The summed E-state index contributed by atoms with van der Waals surface area (Å²) in [6.07, 6.45) is 0. The van der Waals surface area contributed by atoms with Crippen LogP contribution in [0.1, 0.15) is 11.1 Å². The zero-order valence-electron chi connectivity index (χ0n) is 12.4. The molecule has 0 fully saturated rings. The molecule has 1 aromatic carbocycles. The van der Waals surface area contributed by atoms with Crippen LogP contribution in [0.15, 0.2) is 39.5 Å². The minimum atomic E-state index is 0.747. The molecule has 1 aromatic heterocycles. The molecule has 2 rings (SSSR count). The number of hydrogen-bond donors (Lipinski definition) is 1. The maximum Gasteiger partial charge on any atom is 0.0701 e. The van der Waals surface area contributed by atoms with Crippen molar-refractivity contribution in [3.05, 3.63) is 50.6 Å². The molecule has 1 N–H and O–H groups in total. The summed E-state index contributed by atoms with van der Waals surface area (Å²) in [7, 11) is 3.84. The highest BCUT2D eigenvalue weighted by atomic mass is 79.9. The van der Waals surface area contributed by atoms with Crippen LogP contribution in [0.3, 0.4) is 0 Å². The van der Waals surface area contributed by atoms with Gasteiger partial charge in [0.15, 0.2) is 0 Å². The lowest BCUT2D eigenvalue weighted by atomic mass is 10.2. The van der Waals surface area contributed by atoms with E-state index in [9.17, 15) is 0 Å². The van der Waals surface area contributed by atoms with Crippen LogP contribution in [0.2, 0.25) is 0 Å². The molecular formula is C16H21BrN2OS. The van der Waals surface area contributed by atoms with E-state index in [1.807, 2.05) is 0 Å². The van der Waals surface area contributed by atoms with Crippen molar-refractivity contribution in [1.82, 2.24) is 5.32 Å². The number of anilines is 1. The molecule has 0 radical (unpaired) electrons. The lowest BCUT2D eigenvalue weighted by Gasteiger charge is -2.19. The summed E-state index contributed by atoms with van der Waals surface area (Å²) < 4.78 is 6.20. The highest BCUT2D eigenvalue weighted by Gasteiger charge is 2.04. The van der Waals surface area contributed by atoms with Gasteiger partial charge in [-0.2, -0.15) is 0 Å². The molecule has 0 unspecified atom stereocenters. The molecule has 21 heavy (non-hydrogen) atoms. The zero-order valence-corrected chi connectivity index (χ0v) is 14.8. The van der Waals surface area contributed by atoms with Gasteiger partial charge in [-0.1, -0.05) is 12.1 Å². The first kappa shape index (κ1) is 16.5. The number of halogens is 1. The molecule has 0 aliphatic rings. The summed E-state index contributed by atoms with van der Waals surface area (Å²) in [5.74, 6) is 0. The number of rotatable bonds is 8. The molecule has 3 nitrogen and oxygen atoms in total. The predicted molar refractivity (Wildman–Crippen MR) is 94.2 cm³/mol. The van der Waals surface area contributed by atoms with Crippen LogP contribution in [0.5, 0.6) is 0 Å². The fourth-order valence-corrected chi connectivity index (χ4v) is 3.27. The van der Waals surface area contributed by atoms with E-state index >= 15 is 0 Å². The zero-order chi connectivity index (χ0) is 15.1. The minimum absolute atomic E-state index is 0.747. The Morgan fingerprint density at radius 3 is 2.62 bits per heavy atom. The van der Waals surface area contributed by atoms with Gasteiger partial charge in [-0.25, -0.2) is 0 Å². The Bertz CT molecular complexity index is 541. The third-order valence-electron chi connectivity index (χ3n) is 3.23. The topological polar surface area (TPSA) is 24.5 Å². The number of nitrogens with zero attached hydrogens (tertiary/aromatic N) is 1. The van der Waals surface area contributed by atoms with Gasteiger partial charge >= 0.3 is 0 Å². The Morgan fingerprint density at radius 2 is 2.00 bits per heavy atom. The van der Waals surface area contributed by atoms with Crippen molar-refractivity contribution in [1.29, 1.82) is 0 Å². The van der Waals surface area contributed by atoms with Crippen molar-refractivity contribution < 1.29 is 4.74 Å². The summed E-state index contributed by atoms with van der Waals surface area (Å²) in [6.45, 7) is 3.43. The van der Waals surface area contributed by atoms with E-state index < -0.39 is 0 Å². The molecule has 0 aliphatic heterocycles. The van der Waals surface area contributed by atoms with Gasteiger partial charge in [-0.05, 0) is 50.6 Å². The van der Waals surface area contributed by atoms with Gasteiger partial charge in [-0.15, -0.1) is 11.3 Å². The van der Waals surface area contributed by atoms with Gasteiger partial charge in [-0.3, -0.25) is 0 Å². The largest absolute Gasteiger partial charge is 0.383 e. The monoisotopic (exact) mass is 368 g/mol. The van der Waals surface area contributed by atoms with Gasteiger partial charge in [0.1, 0.15) is 0 Å². The highest BCUT2D eigenvalue weighted by molar-refractivity contribution is 9.11. The Balaban J connectivity index is 1.86. The third kappa shape index (κ3) is 5.43. The predicted octanol–water partition coefficient (Wildman–Crippen LogP) is 3.88. The van der Waals surface area contributed by atoms with E-state index in [1.165, 1.54) is 20.6 Å². The van der Waals surface area contributed by atoms with E-state index in [0.29, 0.717) is 0 Å². The second-order valence-electron chi connectivity index (χ2n) is 4.95. The molecule has 1 heterocycles. The maximum atomic E-state index is 5.02. The molecule has 0 saturated heterocycles. The van der Waals surface area contributed by atoms with Crippen LogP contribution in [0.25, 0.3) is 0 Å². The van der Waals surface area contributed by atoms with Crippen LogP contribution in [0.4, 0.5) is 5.69 Å². The molecule has 0 saturated carbocycles. The quantitative estimate of drug-likeness (QED) is 0.715. The fraction of sp³-hybridized carbons (Fsp3) is 0.375. The Hall–Kier alpha value is -0.880. The molecule has 114 valence electrons. The molecule has 2 aromatic rings. The van der Waals surface area contributed by atoms with Crippen molar-refractivity contribution in [3.8, 4) is 0 Å². The second kappa shape index (κ2) is 8.54. The third-order valence-corrected chi connectivity index (χ3v) is 4.78. The smallest absolute Gasteiger partial charge is 0.0701 e. The summed E-state index contributed by atoms with van der Waals surface area (Å²) in [5.41, 5.74) is 3.86. The van der Waals surface area contributed by atoms with E-state index in [-0.39, 0.29) is 0 Å². The fourth-order valence-electron chi connectivity index (χ4n) is 2.07. The number of ether oxygens (including phenoxy) is 1. The van der Waals surface area contributed by atoms with E-state index in [0.717, 1.165) is 26.2 Å². The van der Waals surface area contributed by atoms with Gasteiger partial charge in [0, 0.05) is 39.5 Å². The first-order chi connectivity index (χ1) is 10.2. The molecule has 0 atom stereocenters. The first-order valence-electron chi connectivity index (χ1n) is 6.91. The van der Waals surface area contributed by atoms with Gasteiger partial charge in [0.2, 0.25) is 0 Å². The number of hydrogen-bond acceptors (Lipinski definition) is 4.